The van der Waals surface area contributed by atoms with E-state index in [-0.39, 0.29) is 5.82 Å². The number of benzene rings is 2. The fourth-order valence-electron chi connectivity index (χ4n) is 6.49. The van der Waals surface area contributed by atoms with Crippen molar-refractivity contribution in [3.63, 3.8) is 0 Å². The molecule has 5 rings (SSSR count). The van der Waals surface area contributed by atoms with Crippen molar-refractivity contribution in [1.82, 2.24) is 20.0 Å². The predicted octanol–water partition coefficient (Wildman–Crippen LogP) is 3.79. The summed E-state index contributed by atoms with van der Waals surface area (Å²) in [6.45, 7) is 12.8. The summed E-state index contributed by atoms with van der Waals surface area (Å²) in [6, 6.07) is 15.2. The Morgan fingerprint density at radius 2 is 1.64 bits per heavy atom. The Kier molecular flexibility index (Phi) is 8.26. The molecule has 196 valence electrons. The molecule has 3 aliphatic rings. The lowest BCUT2D eigenvalue weighted by Crippen LogP contribution is -2.48. The maximum absolute atomic E-state index is 14.5. The minimum Gasteiger partial charge on any atom is -0.369 e. The summed E-state index contributed by atoms with van der Waals surface area (Å²) in [5.74, 6) is 1.22. The first kappa shape index (κ1) is 25.7. The summed E-state index contributed by atoms with van der Waals surface area (Å²) < 4.78 is 14.5. The van der Waals surface area contributed by atoms with E-state index in [9.17, 15) is 4.39 Å². The van der Waals surface area contributed by atoms with Gasteiger partial charge in [-0.1, -0.05) is 24.3 Å². The van der Waals surface area contributed by atoms with Crippen LogP contribution in [0.15, 0.2) is 42.5 Å². The molecule has 0 aliphatic carbocycles. The Hall–Kier alpha value is -1.99. The van der Waals surface area contributed by atoms with Crippen molar-refractivity contribution < 1.29 is 4.39 Å². The summed E-state index contributed by atoms with van der Waals surface area (Å²) in [5.41, 5.74) is 4.62. The molecule has 0 saturated carbocycles. The molecule has 6 heteroatoms. The normalized spacial score (nSPS) is 24.6. The SMILES string of the molecule is Cc1cccc(F)c1CN1C[C@H](c2ccc(N3CCN(CC4CCNCC4)CC3)cc2)[C@@H](N(C)C)C1. The maximum Gasteiger partial charge on any atom is 0.127 e. The average molecular weight is 494 g/mol. The van der Waals surface area contributed by atoms with Gasteiger partial charge in [-0.2, -0.15) is 0 Å². The standard InChI is InChI=1S/C30H44FN5/c1-23-5-4-6-29(31)27(23)20-35-21-28(30(22-35)33(2)3)25-7-9-26(10-8-25)36-17-15-34(16-18-36)19-24-11-13-32-14-12-24/h4-10,24,28,30,32H,11-22H2,1-3H3/t28-,30+/m1/s1. The van der Waals surface area contributed by atoms with Crippen molar-refractivity contribution in [2.75, 3.05) is 77.9 Å². The number of piperidine rings is 1. The van der Waals surface area contributed by atoms with E-state index in [1.54, 1.807) is 12.1 Å². The van der Waals surface area contributed by atoms with Gasteiger partial charge in [0, 0.05) is 75.6 Å². The fourth-order valence-corrected chi connectivity index (χ4v) is 6.49. The van der Waals surface area contributed by atoms with Gasteiger partial charge >= 0.3 is 0 Å². The van der Waals surface area contributed by atoms with Gasteiger partial charge in [-0.3, -0.25) is 9.80 Å². The van der Waals surface area contributed by atoms with E-state index >= 15 is 0 Å². The molecule has 2 aromatic carbocycles. The number of piperazine rings is 1. The van der Waals surface area contributed by atoms with Gasteiger partial charge in [-0.25, -0.2) is 4.39 Å². The lowest BCUT2D eigenvalue weighted by Gasteiger charge is -2.38. The lowest BCUT2D eigenvalue weighted by atomic mass is 9.93. The smallest absolute Gasteiger partial charge is 0.127 e. The van der Waals surface area contributed by atoms with Gasteiger partial charge in [0.05, 0.1) is 0 Å². The summed E-state index contributed by atoms with van der Waals surface area (Å²) in [7, 11) is 4.35. The highest BCUT2D eigenvalue weighted by Crippen LogP contribution is 2.33. The number of halogens is 1. The molecule has 3 saturated heterocycles. The summed E-state index contributed by atoms with van der Waals surface area (Å²) >= 11 is 0. The molecule has 5 nitrogen and oxygen atoms in total. The van der Waals surface area contributed by atoms with Crippen LogP contribution in [0.3, 0.4) is 0 Å². The van der Waals surface area contributed by atoms with Crippen LogP contribution in [0.2, 0.25) is 0 Å². The van der Waals surface area contributed by atoms with Crippen LogP contribution in [0.5, 0.6) is 0 Å². The zero-order valence-electron chi connectivity index (χ0n) is 22.4. The quantitative estimate of drug-likeness (QED) is 0.633. The molecule has 0 amide bonds. The molecule has 0 aromatic heterocycles. The molecule has 2 aromatic rings. The fraction of sp³-hybridized carbons (Fsp3) is 0.600. The molecule has 0 unspecified atom stereocenters. The molecule has 3 fully saturated rings. The van der Waals surface area contributed by atoms with Gasteiger partial charge in [0.15, 0.2) is 0 Å². The topological polar surface area (TPSA) is 25.0 Å². The molecular formula is C30H44FN5. The second-order valence-corrected chi connectivity index (χ2v) is 11.4. The van der Waals surface area contributed by atoms with Crippen molar-refractivity contribution in [1.29, 1.82) is 0 Å². The third-order valence-corrected chi connectivity index (χ3v) is 8.80. The summed E-state index contributed by atoms with van der Waals surface area (Å²) in [6.07, 6.45) is 2.65. The van der Waals surface area contributed by atoms with Crippen LogP contribution >= 0.6 is 0 Å². The number of nitrogens with one attached hydrogen (secondary N) is 1. The van der Waals surface area contributed by atoms with Gasteiger partial charge in [0.1, 0.15) is 5.82 Å². The Morgan fingerprint density at radius 1 is 0.917 bits per heavy atom. The second kappa shape index (κ2) is 11.6. The van der Waals surface area contributed by atoms with Crippen LogP contribution in [0.1, 0.15) is 35.4 Å². The van der Waals surface area contributed by atoms with Gasteiger partial charge in [0.2, 0.25) is 0 Å². The minimum absolute atomic E-state index is 0.0833. The number of likely N-dealkylation sites (tertiary alicyclic amines) is 1. The molecule has 1 N–H and O–H groups in total. The molecule has 3 heterocycles. The van der Waals surface area contributed by atoms with Crippen molar-refractivity contribution in [2.24, 2.45) is 5.92 Å². The second-order valence-electron chi connectivity index (χ2n) is 11.4. The van der Waals surface area contributed by atoms with E-state index in [4.69, 9.17) is 0 Å². The highest BCUT2D eigenvalue weighted by Gasteiger charge is 2.35. The van der Waals surface area contributed by atoms with Crippen LogP contribution in [0.25, 0.3) is 0 Å². The Balaban J connectivity index is 1.19. The van der Waals surface area contributed by atoms with E-state index in [0.717, 1.165) is 43.2 Å². The first-order valence-electron chi connectivity index (χ1n) is 13.9. The number of hydrogen-bond acceptors (Lipinski definition) is 5. The third-order valence-electron chi connectivity index (χ3n) is 8.80. The average Bonchev–Trinajstić information content (AvgIpc) is 3.32. The number of rotatable bonds is 7. The van der Waals surface area contributed by atoms with Gasteiger partial charge in [-0.15, -0.1) is 0 Å². The molecule has 3 aliphatic heterocycles. The highest BCUT2D eigenvalue weighted by molar-refractivity contribution is 5.49. The van der Waals surface area contributed by atoms with E-state index in [2.05, 4.69) is 63.3 Å². The van der Waals surface area contributed by atoms with Crippen molar-refractivity contribution in [2.45, 2.75) is 38.3 Å². The van der Waals surface area contributed by atoms with Gasteiger partial charge < -0.3 is 15.1 Å². The zero-order chi connectivity index (χ0) is 25.1. The van der Waals surface area contributed by atoms with Crippen LogP contribution in [0.4, 0.5) is 10.1 Å². The van der Waals surface area contributed by atoms with Crippen LogP contribution < -0.4 is 10.2 Å². The molecule has 36 heavy (non-hydrogen) atoms. The van der Waals surface area contributed by atoms with Crippen molar-refractivity contribution in [3.8, 4) is 0 Å². The van der Waals surface area contributed by atoms with E-state index < -0.39 is 0 Å². The summed E-state index contributed by atoms with van der Waals surface area (Å²) in [5, 5.41) is 3.48. The van der Waals surface area contributed by atoms with Crippen molar-refractivity contribution >= 4 is 5.69 Å². The monoisotopic (exact) mass is 493 g/mol. The lowest BCUT2D eigenvalue weighted by molar-refractivity contribution is 0.196. The minimum atomic E-state index is -0.0833. The number of hydrogen-bond donors (Lipinski definition) is 1. The first-order valence-corrected chi connectivity index (χ1v) is 13.9. The third kappa shape index (κ3) is 5.94. The molecular weight excluding hydrogens is 449 g/mol. The molecule has 0 spiro atoms. The first-order chi connectivity index (χ1) is 17.5. The molecule has 0 bridgehead atoms. The van der Waals surface area contributed by atoms with Gasteiger partial charge in [-0.05, 0) is 82.2 Å². The molecule has 2 atom stereocenters. The number of likely N-dealkylation sites (N-methyl/N-ethyl adjacent to an activating group) is 1. The zero-order valence-corrected chi connectivity index (χ0v) is 22.4. The Labute approximate surface area is 217 Å². The van der Waals surface area contributed by atoms with E-state index in [1.165, 1.54) is 56.8 Å². The highest BCUT2D eigenvalue weighted by atomic mass is 19.1. The van der Waals surface area contributed by atoms with E-state index in [1.807, 2.05) is 13.0 Å². The Bertz CT molecular complexity index is 959. The van der Waals surface area contributed by atoms with Crippen LogP contribution in [-0.2, 0) is 6.54 Å². The van der Waals surface area contributed by atoms with Crippen LogP contribution in [-0.4, -0.2) is 93.7 Å². The number of nitrogens with zero attached hydrogens (tertiary/aromatic N) is 4. The number of aryl methyl sites for hydroxylation is 1. The summed E-state index contributed by atoms with van der Waals surface area (Å²) in [4.78, 5) is 9.99. The largest absolute Gasteiger partial charge is 0.369 e. The van der Waals surface area contributed by atoms with E-state index in [0.29, 0.717) is 18.5 Å². The van der Waals surface area contributed by atoms with Crippen molar-refractivity contribution in [3.05, 3.63) is 65.0 Å². The predicted molar refractivity (Wildman–Crippen MR) is 147 cm³/mol. The molecule has 0 radical (unpaired) electrons. The Morgan fingerprint density at radius 3 is 2.31 bits per heavy atom. The maximum atomic E-state index is 14.5. The number of anilines is 1. The van der Waals surface area contributed by atoms with Crippen LogP contribution in [0, 0.1) is 18.7 Å². The van der Waals surface area contributed by atoms with Gasteiger partial charge in [0.25, 0.3) is 0 Å².